The molecule has 0 spiro atoms. The van der Waals surface area contributed by atoms with Gasteiger partial charge in [0, 0.05) is 23.5 Å². The van der Waals surface area contributed by atoms with E-state index in [1.807, 2.05) is 38.1 Å². The van der Waals surface area contributed by atoms with Crippen molar-refractivity contribution in [1.82, 2.24) is 9.72 Å². The highest BCUT2D eigenvalue weighted by Crippen LogP contribution is 2.31. The quantitative estimate of drug-likeness (QED) is 0.514. The van der Waals surface area contributed by atoms with Gasteiger partial charge in [0.25, 0.3) is 5.91 Å². The molecule has 2 aromatic heterocycles. The van der Waals surface area contributed by atoms with Crippen LogP contribution < -0.4 is 5.32 Å². The Kier molecular flexibility index (Phi) is 4.79. The molecule has 31 heavy (non-hydrogen) atoms. The normalized spacial score (nSPS) is 10.8. The Hall–Kier alpha value is -4.38. The fourth-order valence-electron chi connectivity index (χ4n) is 3.68. The number of benzene rings is 2. The predicted molar refractivity (Wildman–Crippen MR) is 114 cm³/mol. The van der Waals surface area contributed by atoms with Gasteiger partial charge in [0.05, 0.1) is 28.6 Å². The molecule has 0 unspecified atom stereocenters. The van der Waals surface area contributed by atoms with Gasteiger partial charge >= 0.3 is 5.97 Å². The fourth-order valence-corrected chi connectivity index (χ4v) is 3.68. The number of anilines is 1. The number of nitrogens with one attached hydrogen (secondary N) is 1. The lowest BCUT2D eigenvalue weighted by molar-refractivity contribution is 0.0698. The number of hydrogen-bond donors (Lipinski definition) is 2. The summed E-state index contributed by atoms with van der Waals surface area (Å²) in [5.74, 6) is -0.968. The molecule has 0 aliphatic carbocycles. The molecule has 2 aromatic carbocycles. The molecule has 4 rings (SSSR count). The zero-order valence-electron chi connectivity index (χ0n) is 17.1. The third-order valence-corrected chi connectivity index (χ3v) is 5.23. The van der Waals surface area contributed by atoms with Gasteiger partial charge in [0.2, 0.25) is 0 Å². The molecule has 2 N–H and O–H groups in total. The minimum Gasteiger partial charge on any atom is -0.478 e. The van der Waals surface area contributed by atoms with Crippen LogP contribution in [-0.2, 0) is 7.05 Å². The van der Waals surface area contributed by atoms with E-state index in [1.54, 1.807) is 17.7 Å². The molecule has 4 aromatic rings. The van der Waals surface area contributed by atoms with Gasteiger partial charge in [0.1, 0.15) is 11.5 Å². The number of nitriles is 1. The number of amides is 1. The molecule has 0 saturated heterocycles. The first-order valence-electron chi connectivity index (χ1n) is 9.41. The summed E-state index contributed by atoms with van der Waals surface area (Å²) in [6, 6.07) is 13.6. The van der Waals surface area contributed by atoms with Crippen LogP contribution >= 0.6 is 0 Å². The smallest absolute Gasteiger partial charge is 0.337 e. The van der Waals surface area contributed by atoms with Crippen molar-refractivity contribution < 1.29 is 19.2 Å². The molecule has 0 radical (unpaired) electrons. The van der Waals surface area contributed by atoms with E-state index in [-0.39, 0.29) is 16.8 Å². The van der Waals surface area contributed by atoms with Crippen molar-refractivity contribution >= 4 is 28.5 Å². The van der Waals surface area contributed by atoms with Crippen LogP contribution in [0.4, 0.5) is 5.69 Å². The van der Waals surface area contributed by atoms with Crippen molar-refractivity contribution in [3.05, 3.63) is 70.7 Å². The molecule has 2 heterocycles. The molecule has 0 aliphatic rings. The van der Waals surface area contributed by atoms with E-state index in [0.29, 0.717) is 11.5 Å². The Labute approximate surface area is 177 Å². The zero-order valence-corrected chi connectivity index (χ0v) is 17.1. The molecular weight excluding hydrogens is 396 g/mol. The molecule has 154 valence electrons. The second-order valence-corrected chi connectivity index (χ2v) is 7.19. The van der Waals surface area contributed by atoms with Gasteiger partial charge in [-0.3, -0.25) is 4.79 Å². The maximum absolute atomic E-state index is 12.9. The zero-order chi connectivity index (χ0) is 22.3. The van der Waals surface area contributed by atoms with Crippen LogP contribution in [0.15, 0.2) is 47.0 Å². The Morgan fingerprint density at radius 1 is 1.16 bits per heavy atom. The van der Waals surface area contributed by atoms with Crippen LogP contribution in [0.3, 0.4) is 0 Å². The van der Waals surface area contributed by atoms with Gasteiger partial charge in [-0.25, -0.2) is 4.79 Å². The van der Waals surface area contributed by atoms with Crippen molar-refractivity contribution in [3.8, 4) is 17.2 Å². The van der Waals surface area contributed by atoms with Crippen molar-refractivity contribution in [2.24, 2.45) is 7.05 Å². The number of aromatic nitrogens is 2. The average Bonchev–Trinajstić information content (AvgIpc) is 3.26. The van der Waals surface area contributed by atoms with Crippen LogP contribution in [0.25, 0.3) is 22.0 Å². The second-order valence-electron chi connectivity index (χ2n) is 7.19. The molecule has 0 saturated carbocycles. The number of rotatable bonds is 4. The second kappa shape index (κ2) is 7.46. The lowest BCUT2D eigenvalue weighted by Crippen LogP contribution is -2.17. The number of aromatic carboxylic acids is 1. The van der Waals surface area contributed by atoms with E-state index in [1.165, 1.54) is 18.2 Å². The summed E-state index contributed by atoms with van der Waals surface area (Å²) < 4.78 is 7.01. The van der Waals surface area contributed by atoms with E-state index in [2.05, 4.69) is 10.5 Å². The number of hydrogen-bond acceptors (Lipinski definition) is 5. The molecule has 8 nitrogen and oxygen atoms in total. The summed E-state index contributed by atoms with van der Waals surface area (Å²) in [5, 5.41) is 25.9. The standard InChI is InChI=1S/C23H18N4O4/c1-12-21(13(2)31-26-12)16-6-5-15-9-20(27(3)19(15)10-16)22(28)25-18-7-4-14(11-24)8-17(18)23(29)30/h4-10H,1-3H3,(H,25,28)(H,29,30). The van der Waals surface area contributed by atoms with Gasteiger partial charge < -0.3 is 19.5 Å². The van der Waals surface area contributed by atoms with Crippen LogP contribution in [-0.4, -0.2) is 26.7 Å². The summed E-state index contributed by atoms with van der Waals surface area (Å²) in [7, 11) is 1.77. The SMILES string of the molecule is Cc1noc(C)c1-c1ccc2cc(C(=O)Nc3ccc(C#N)cc3C(=O)O)n(C)c2c1. The number of carbonyl (C=O) groups excluding carboxylic acids is 1. The van der Waals surface area contributed by atoms with E-state index in [9.17, 15) is 14.7 Å². The van der Waals surface area contributed by atoms with Gasteiger partial charge in [-0.15, -0.1) is 0 Å². The average molecular weight is 414 g/mol. The van der Waals surface area contributed by atoms with Crippen LogP contribution in [0.2, 0.25) is 0 Å². The van der Waals surface area contributed by atoms with Crippen molar-refractivity contribution in [1.29, 1.82) is 5.26 Å². The van der Waals surface area contributed by atoms with Gasteiger partial charge in [0.15, 0.2) is 0 Å². The molecule has 1 amide bonds. The summed E-state index contributed by atoms with van der Waals surface area (Å²) in [4.78, 5) is 24.5. The van der Waals surface area contributed by atoms with E-state index >= 15 is 0 Å². The van der Waals surface area contributed by atoms with Gasteiger partial charge in [-0.2, -0.15) is 5.26 Å². The number of fused-ring (bicyclic) bond motifs is 1. The lowest BCUT2D eigenvalue weighted by atomic mass is 10.0. The van der Waals surface area contributed by atoms with Gasteiger partial charge in [-0.05, 0) is 49.7 Å². The molecule has 0 aliphatic heterocycles. The Bertz CT molecular complexity index is 1390. The first kappa shape index (κ1) is 19.9. The summed E-state index contributed by atoms with van der Waals surface area (Å²) in [6.07, 6.45) is 0. The van der Waals surface area contributed by atoms with Crippen LogP contribution in [0.1, 0.15) is 37.9 Å². The third kappa shape index (κ3) is 3.42. The van der Waals surface area contributed by atoms with Crippen LogP contribution in [0.5, 0.6) is 0 Å². The summed E-state index contributed by atoms with van der Waals surface area (Å²) in [5.41, 5.74) is 4.01. The molecule has 8 heteroatoms. The van der Waals surface area contributed by atoms with Crippen molar-refractivity contribution in [3.63, 3.8) is 0 Å². The highest BCUT2D eigenvalue weighted by Gasteiger charge is 2.19. The number of carboxylic acids is 1. The maximum Gasteiger partial charge on any atom is 0.337 e. The third-order valence-electron chi connectivity index (χ3n) is 5.23. The lowest BCUT2D eigenvalue weighted by Gasteiger charge is -2.10. The number of aryl methyl sites for hydroxylation is 3. The number of carboxylic acid groups (broad SMARTS) is 1. The molecule has 0 bridgehead atoms. The Morgan fingerprint density at radius 3 is 2.58 bits per heavy atom. The van der Waals surface area contributed by atoms with Crippen molar-refractivity contribution in [2.75, 3.05) is 5.32 Å². The summed E-state index contributed by atoms with van der Waals surface area (Å²) >= 11 is 0. The topological polar surface area (TPSA) is 121 Å². The molecular formula is C23H18N4O4. The minimum absolute atomic E-state index is 0.123. The largest absolute Gasteiger partial charge is 0.478 e. The Balaban J connectivity index is 1.72. The number of carbonyl (C=O) groups is 2. The first-order chi connectivity index (χ1) is 14.8. The first-order valence-corrected chi connectivity index (χ1v) is 9.41. The fraction of sp³-hybridized carbons (Fsp3) is 0.130. The molecule has 0 fully saturated rings. The Morgan fingerprint density at radius 2 is 1.94 bits per heavy atom. The van der Waals surface area contributed by atoms with E-state index in [4.69, 9.17) is 9.78 Å². The van der Waals surface area contributed by atoms with Crippen molar-refractivity contribution in [2.45, 2.75) is 13.8 Å². The maximum atomic E-state index is 12.9. The summed E-state index contributed by atoms with van der Waals surface area (Å²) in [6.45, 7) is 3.72. The van der Waals surface area contributed by atoms with Crippen LogP contribution in [0, 0.1) is 25.2 Å². The minimum atomic E-state index is -1.23. The van der Waals surface area contributed by atoms with Gasteiger partial charge in [-0.1, -0.05) is 17.3 Å². The predicted octanol–water partition coefficient (Wildman–Crippen LogP) is 4.27. The number of nitrogens with zero attached hydrogens (tertiary/aromatic N) is 3. The monoisotopic (exact) mass is 414 g/mol. The highest BCUT2D eigenvalue weighted by molar-refractivity contribution is 6.09. The van der Waals surface area contributed by atoms with E-state index in [0.717, 1.165) is 27.7 Å². The molecule has 0 atom stereocenters. The van der Waals surface area contributed by atoms with E-state index < -0.39 is 11.9 Å². The highest BCUT2D eigenvalue weighted by atomic mass is 16.5.